The third kappa shape index (κ3) is 6.31. The molecular formula is C18H30ClIN4. The van der Waals surface area contributed by atoms with Crippen LogP contribution in [-0.2, 0) is 0 Å². The Hall–Kier alpha value is -0.690. The minimum Gasteiger partial charge on any atom is -0.371 e. The lowest BCUT2D eigenvalue weighted by Crippen LogP contribution is -2.40. The molecule has 1 aliphatic rings. The molecule has 24 heavy (non-hydrogen) atoms. The maximum atomic E-state index is 6.15. The van der Waals surface area contributed by atoms with Gasteiger partial charge in [0.05, 0.1) is 0 Å². The van der Waals surface area contributed by atoms with Gasteiger partial charge in [-0.25, -0.2) is 0 Å². The van der Waals surface area contributed by atoms with E-state index in [1.165, 1.54) is 30.5 Å². The van der Waals surface area contributed by atoms with Crippen molar-refractivity contribution < 1.29 is 0 Å². The molecule has 0 radical (unpaired) electrons. The van der Waals surface area contributed by atoms with E-state index in [1.807, 2.05) is 13.1 Å². The van der Waals surface area contributed by atoms with Crippen molar-refractivity contribution >= 4 is 47.2 Å². The fraction of sp³-hybridized carbons (Fsp3) is 0.611. The highest BCUT2D eigenvalue weighted by molar-refractivity contribution is 14.0. The molecule has 0 spiro atoms. The molecule has 1 saturated heterocycles. The normalized spacial score (nSPS) is 17.6. The number of benzene rings is 1. The molecule has 0 aromatic heterocycles. The molecule has 2 N–H and O–H groups in total. The quantitative estimate of drug-likeness (QED) is 0.289. The number of anilines is 1. The number of rotatable bonds is 6. The maximum Gasteiger partial charge on any atom is 0.190 e. The number of hydrogen-bond acceptors (Lipinski definition) is 2. The van der Waals surface area contributed by atoms with E-state index in [9.17, 15) is 0 Å². The van der Waals surface area contributed by atoms with Crippen molar-refractivity contribution in [2.45, 2.75) is 33.1 Å². The van der Waals surface area contributed by atoms with Crippen molar-refractivity contribution in [2.24, 2.45) is 10.9 Å². The summed E-state index contributed by atoms with van der Waals surface area (Å²) in [7, 11) is 1.83. The predicted octanol–water partition coefficient (Wildman–Crippen LogP) is 4.06. The highest BCUT2D eigenvalue weighted by Gasteiger charge is 2.23. The Bertz CT molecular complexity index is 536. The third-order valence-electron chi connectivity index (χ3n) is 4.40. The highest BCUT2D eigenvalue weighted by Crippen LogP contribution is 2.29. The zero-order valence-corrected chi connectivity index (χ0v) is 18.0. The third-order valence-corrected chi connectivity index (χ3v) is 4.64. The Morgan fingerprint density at radius 3 is 2.88 bits per heavy atom. The number of aliphatic imine (C=N–C) groups is 1. The van der Waals surface area contributed by atoms with Crippen LogP contribution in [0.2, 0.25) is 5.02 Å². The van der Waals surface area contributed by atoms with Crippen molar-refractivity contribution in [3.8, 4) is 0 Å². The highest BCUT2D eigenvalue weighted by atomic mass is 127. The summed E-state index contributed by atoms with van der Waals surface area (Å²) in [5.74, 6) is 1.55. The molecule has 0 amide bonds. The Balaban J connectivity index is 0.00000288. The minimum atomic E-state index is 0. The standard InChI is InChI=1S/C18H29ClN4.HI/c1-4-5-9-21-18(20-3)22-12-15-8-10-23(13-15)17-11-16(19)7-6-14(17)2;/h6-7,11,15H,4-5,8-10,12-13H2,1-3H3,(H2,20,21,22);1H. The van der Waals surface area contributed by atoms with Crippen LogP contribution in [0.25, 0.3) is 0 Å². The Morgan fingerprint density at radius 2 is 2.17 bits per heavy atom. The van der Waals surface area contributed by atoms with Gasteiger partial charge in [-0.2, -0.15) is 0 Å². The molecule has 1 heterocycles. The van der Waals surface area contributed by atoms with Crippen molar-refractivity contribution in [2.75, 3.05) is 38.1 Å². The van der Waals surface area contributed by atoms with Crippen LogP contribution in [0.4, 0.5) is 5.69 Å². The molecule has 0 bridgehead atoms. The van der Waals surface area contributed by atoms with Crippen molar-refractivity contribution in [1.29, 1.82) is 0 Å². The predicted molar refractivity (Wildman–Crippen MR) is 116 cm³/mol. The summed E-state index contributed by atoms with van der Waals surface area (Å²) in [6.07, 6.45) is 3.57. The van der Waals surface area contributed by atoms with Crippen LogP contribution < -0.4 is 15.5 Å². The summed E-state index contributed by atoms with van der Waals surface area (Å²) in [5, 5.41) is 7.63. The summed E-state index contributed by atoms with van der Waals surface area (Å²) in [4.78, 5) is 6.73. The molecule has 0 aliphatic carbocycles. The molecule has 1 aromatic carbocycles. The monoisotopic (exact) mass is 464 g/mol. The summed E-state index contributed by atoms with van der Waals surface area (Å²) < 4.78 is 0. The van der Waals surface area contributed by atoms with Gasteiger partial charge < -0.3 is 15.5 Å². The molecule has 2 rings (SSSR count). The smallest absolute Gasteiger partial charge is 0.190 e. The first-order valence-electron chi connectivity index (χ1n) is 8.59. The second-order valence-corrected chi connectivity index (χ2v) is 6.70. The van der Waals surface area contributed by atoms with Gasteiger partial charge in [0.2, 0.25) is 0 Å². The van der Waals surface area contributed by atoms with E-state index in [-0.39, 0.29) is 24.0 Å². The number of unbranched alkanes of at least 4 members (excludes halogenated alkanes) is 1. The van der Waals surface area contributed by atoms with E-state index in [4.69, 9.17) is 11.6 Å². The Labute approximate surface area is 168 Å². The second kappa shape index (κ2) is 11.0. The molecule has 1 unspecified atom stereocenters. The van der Waals surface area contributed by atoms with E-state index in [0.717, 1.165) is 37.2 Å². The number of halogens is 2. The molecule has 1 fully saturated rings. The van der Waals surface area contributed by atoms with E-state index < -0.39 is 0 Å². The van der Waals surface area contributed by atoms with E-state index in [0.29, 0.717) is 5.92 Å². The number of guanidine groups is 1. The number of aryl methyl sites for hydroxylation is 1. The van der Waals surface area contributed by atoms with Gasteiger partial charge in [0.1, 0.15) is 0 Å². The van der Waals surface area contributed by atoms with Crippen LogP contribution in [0.1, 0.15) is 31.7 Å². The van der Waals surface area contributed by atoms with Gasteiger partial charge in [-0.05, 0) is 43.4 Å². The van der Waals surface area contributed by atoms with Crippen molar-refractivity contribution in [1.82, 2.24) is 10.6 Å². The lowest BCUT2D eigenvalue weighted by Gasteiger charge is -2.21. The van der Waals surface area contributed by atoms with E-state index >= 15 is 0 Å². The van der Waals surface area contributed by atoms with Crippen molar-refractivity contribution in [3.63, 3.8) is 0 Å². The topological polar surface area (TPSA) is 39.7 Å². The molecular weight excluding hydrogens is 435 g/mol. The first-order chi connectivity index (χ1) is 11.1. The summed E-state index contributed by atoms with van der Waals surface area (Å²) in [5.41, 5.74) is 2.56. The van der Waals surface area contributed by atoms with Crippen LogP contribution in [0.5, 0.6) is 0 Å². The largest absolute Gasteiger partial charge is 0.371 e. The lowest BCUT2D eigenvalue weighted by molar-refractivity contribution is 0.564. The van der Waals surface area contributed by atoms with Gasteiger partial charge in [0.15, 0.2) is 5.96 Å². The fourth-order valence-electron chi connectivity index (χ4n) is 2.99. The van der Waals surface area contributed by atoms with Crippen molar-refractivity contribution in [3.05, 3.63) is 28.8 Å². The van der Waals surface area contributed by atoms with Crippen LogP contribution in [0.3, 0.4) is 0 Å². The van der Waals surface area contributed by atoms with Crippen LogP contribution in [-0.4, -0.2) is 39.2 Å². The molecule has 0 saturated carbocycles. The average Bonchev–Trinajstić information content (AvgIpc) is 3.02. The zero-order chi connectivity index (χ0) is 16.7. The first-order valence-corrected chi connectivity index (χ1v) is 8.97. The molecule has 4 nitrogen and oxygen atoms in total. The van der Waals surface area contributed by atoms with Gasteiger partial charge in [0, 0.05) is 43.9 Å². The van der Waals surface area contributed by atoms with Gasteiger partial charge in [-0.1, -0.05) is 31.0 Å². The van der Waals surface area contributed by atoms with Gasteiger partial charge in [-0.3, -0.25) is 4.99 Å². The molecule has 6 heteroatoms. The lowest BCUT2D eigenvalue weighted by atomic mass is 10.1. The summed E-state index contributed by atoms with van der Waals surface area (Å²) in [6.45, 7) is 8.45. The summed E-state index contributed by atoms with van der Waals surface area (Å²) in [6, 6.07) is 6.14. The maximum absolute atomic E-state index is 6.15. The zero-order valence-electron chi connectivity index (χ0n) is 14.9. The molecule has 1 aliphatic heterocycles. The summed E-state index contributed by atoms with van der Waals surface area (Å²) >= 11 is 6.15. The minimum absolute atomic E-state index is 0. The van der Waals surface area contributed by atoms with E-state index in [1.54, 1.807) is 0 Å². The van der Waals surface area contributed by atoms with Crippen LogP contribution in [0.15, 0.2) is 23.2 Å². The van der Waals surface area contributed by atoms with Crippen LogP contribution in [0, 0.1) is 12.8 Å². The van der Waals surface area contributed by atoms with Crippen LogP contribution >= 0.6 is 35.6 Å². The second-order valence-electron chi connectivity index (χ2n) is 6.26. The number of nitrogens with zero attached hydrogens (tertiary/aromatic N) is 2. The fourth-order valence-corrected chi connectivity index (χ4v) is 3.15. The van der Waals surface area contributed by atoms with Gasteiger partial charge in [0.25, 0.3) is 0 Å². The Kier molecular flexibility index (Phi) is 9.81. The SMILES string of the molecule is CCCCNC(=NC)NCC1CCN(c2cc(Cl)ccc2C)C1.I. The van der Waals surface area contributed by atoms with Gasteiger partial charge >= 0.3 is 0 Å². The number of hydrogen-bond donors (Lipinski definition) is 2. The average molecular weight is 465 g/mol. The molecule has 1 aromatic rings. The van der Waals surface area contributed by atoms with Gasteiger partial charge in [-0.15, -0.1) is 24.0 Å². The number of nitrogens with one attached hydrogen (secondary N) is 2. The molecule has 1 atom stereocenters. The van der Waals surface area contributed by atoms with E-state index in [2.05, 4.69) is 46.5 Å². The first kappa shape index (κ1) is 21.4. The molecule has 136 valence electrons. The Morgan fingerprint density at radius 1 is 1.38 bits per heavy atom.